The molecular weight excluding hydrogens is 515 g/mol. The summed E-state index contributed by atoms with van der Waals surface area (Å²) in [4.78, 5) is 43.7. The number of hydrogen-bond donors (Lipinski definition) is 2. The summed E-state index contributed by atoms with van der Waals surface area (Å²) in [6.45, 7) is 2.30. The van der Waals surface area contributed by atoms with E-state index in [1.807, 2.05) is 12.2 Å². The fourth-order valence-electron chi connectivity index (χ4n) is 3.43. The lowest BCUT2D eigenvalue weighted by Gasteiger charge is -2.31. The highest BCUT2D eigenvalue weighted by Gasteiger charge is 2.31. The lowest BCUT2D eigenvalue weighted by molar-refractivity contribution is -0.139. The Bertz CT molecular complexity index is 1240. The van der Waals surface area contributed by atoms with E-state index in [1.54, 1.807) is 12.3 Å². The number of likely N-dealkylation sites (N-methyl/N-ethyl adjacent to an activating group) is 1. The first kappa shape index (κ1) is 28.0. The van der Waals surface area contributed by atoms with Crippen LogP contribution in [-0.4, -0.2) is 82.3 Å². The topological polar surface area (TPSA) is 116 Å². The van der Waals surface area contributed by atoms with Crippen molar-refractivity contribution in [1.82, 2.24) is 30.2 Å². The first-order valence-corrected chi connectivity index (χ1v) is 11.8. The van der Waals surface area contributed by atoms with Crippen LogP contribution in [0.2, 0.25) is 5.02 Å². The Hall–Kier alpha value is -3.61. The molecule has 0 unspecified atom stereocenters. The number of H-pyrrole nitrogens is 1. The zero-order chi connectivity index (χ0) is 27.2. The van der Waals surface area contributed by atoms with Gasteiger partial charge in [-0.2, -0.15) is 13.2 Å². The molecule has 2 N–H and O–H groups in total. The van der Waals surface area contributed by atoms with Crippen molar-refractivity contribution < 1.29 is 27.5 Å². The van der Waals surface area contributed by atoms with Crippen molar-refractivity contribution in [1.29, 1.82) is 0 Å². The number of ether oxygens (including phenoxy) is 1. The Morgan fingerprint density at radius 2 is 2.03 bits per heavy atom. The summed E-state index contributed by atoms with van der Waals surface area (Å²) in [6.07, 6.45) is 0.168. The van der Waals surface area contributed by atoms with Crippen LogP contribution >= 0.6 is 11.6 Å². The van der Waals surface area contributed by atoms with Gasteiger partial charge in [-0.05, 0) is 25.5 Å². The lowest BCUT2D eigenvalue weighted by atomic mass is 10.2. The van der Waals surface area contributed by atoms with Gasteiger partial charge in [0.1, 0.15) is 24.1 Å². The third-order valence-corrected chi connectivity index (χ3v) is 5.61. The highest BCUT2D eigenvalue weighted by Crippen LogP contribution is 2.28. The number of carbonyl (C=O) groups is 2. The minimum atomic E-state index is -4.56. The molecule has 10 nitrogen and oxygen atoms in total. The average Bonchev–Trinajstić information content (AvgIpc) is 3.28. The molecule has 0 aliphatic rings. The molecule has 3 rings (SSSR count). The highest BCUT2D eigenvalue weighted by molar-refractivity contribution is 6.31. The van der Waals surface area contributed by atoms with Gasteiger partial charge >= 0.3 is 12.3 Å². The number of nitrogens with one attached hydrogen (secondary N) is 2. The Morgan fingerprint density at radius 3 is 2.73 bits per heavy atom. The number of rotatable bonds is 10. The van der Waals surface area contributed by atoms with Crippen molar-refractivity contribution >= 4 is 40.5 Å². The summed E-state index contributed by atoms with van der Waals surface area (Å²) in [5.41, 5.74) is 1.17. The van der Waals surface area contributed by atoms with Crippen LogP contribution in [0.4, 0.5) is 23.8 Å². The van der Waals surface area contributed by atoms with Crippen LogP contribution in [0.3, 0.4) is 0 Å². The molecule has 0 saturated heterocycles. The molecule has 3 heterocycles. The van der Waals surface area contributed by atoms with Gasteiger partial charge in [0.05, 0.1) is 11.6 Å². The Morgan fingerprint density at radius 1 is 1.27 bits per heavy atom. The summed E-state index contributed by atoms with van der Waals surface area (Å²) in [5.74, 6) is -0.285. The summed E-state index contributed by atoms with van der Waals surface area (Å²) in [7, 11) is 1.53. The zero-order valence-corrected chi connectivity index (χ0v) is 21.2. The highest BCUT2D eigenvalue weighted by atomic mass is 35.5. The van der Waals surface area contributed by atoms with Gasteiger partial charge in [-0.1, -0.05) is 18.5 Å². The molecule has 1 atom stereocenters. The zero-order valence-electron chi connectivity index (χ0n) is 20.5. The van der Waals surface area contributed by atoms with E-state index in [-0.39, 0.29) is 31.3 Å². The quantitative estimate of drug-likeness (QED) is 0.398. The number of pyridine rings is 1. The number of hydrogen-bond acceptors (Lipinski definition) is 7. The molecule has 0 fully saturated rings. The van der Waals surface area contributed by atoms with Gasteiger partial charge in [-0.15, -0.1) is 0 Å². The van der Waals surface area contributed by atoms with Crippen molar-refractivity contribution in [2.24, 2.45) is 0 Å². The van der Waals surface area contributed by atoms with E-state index in [4.69, 9.17) is 16.3 Å². The number of aromatic nitrogens is 4. The third kappa shape index (κ3) is 7.44. The molecule has 0 aromatic carbocycles. The fourth-order valence-corrected chi connectivity index (χ4v) is 3.59. The van der Waals surface area contributed by atoms with E-state index >= 15 is 0 Å². The Kier molecular flexibility index (Phi) is 9.14. The van der Waals surface area contributed by atoms with Crippen molar-refractivity contribution in [3.63, 3.8) is 0 Å². The van der Waals surface area contributed by atoms with Crippen LogP contribution in [0.25, 0.3) is 22.4 Å². The molecule has 37 heavy (non-hydrogen) atoms. The van der Waals surface area contributed by atoms with Gasteiger partial charge in [-0.3, -0.25) is 4.79 Å². The molecule has 14 heteroatoms. The van der Waals surface area contributed by atoms with E-state index in [0.717, 1.165) is 0 Å². The van der Waals surface area contributed by atoms with Gasteiger partial charge in [0.25, 0.3) is 0 Å². The second-order valence-corrected chi connectivity index (χ2v) is 8.67. The Labute approximate surface area is 216 Å². The van der Waals surface area contributed by atoms with Gasteiger partial charge in [-0.25, -0.2) is 19.7 Å². The molecule has 3 aromatic heterocycles. The monoisotopic (exact) mass is 541 g/mol. The van der Waals surface area contributed by atoms with E-state index in [1.165, 1.54) is 42.2 Å². The predicted octanol–water partition coefficient (Wildman–Crippen LogP) is 4.03. The number of aromatic amines is 1. The van der Waals surface area contributed by atoms with Crippen LogP contribution in [0.1, 0.15) is 20.3 Å². The number of anilines is 1. The van der Waals surface area contributed by atoms with Crippen molar-refractivity contribution in [3.05, 3.63) is 35.7 Å². The smallest absolute Gasteiger partial charge is 0.409 e. The predicted molar refractivity (Wildman–Crippen MR) is 132 cm³/mol. The average molecular weight is 542 g/mol. The molecule has 0 bridgehead atoms. The summed E-state index contributed by atoms with van der Waals surface area (Å²) in [5, 5.41) is 2.99. The maximum atomic E-state index is 12.7. The number of fused-ring (bicyclic) bond motifs is 1. The maximum absolute atomic E-state index is 12.7. The van der Waals surface area contributed by atoms with Gasteiger partial charge in [0, 0.05) is 49.7 Å². The first-order valence-electron chi connectivity index (χ1n) is 11.4. The standard InChI is InChI=1S/C23H27ClF3N7O3/c1-4-9-37-22(36)33(3)7-8-34(14(2)21(35)31-13-23(25,26)27)18-5-6-28-20(32-18)17-12-30-19-16(17)10-15(24)11-29-19/h5-6,10-12,14H,4,7-9,13H2,1-3H3,(H,29,30)(H,31,35)/t14-/m0/s1. The van der Waals surface area contributed by atoms with E-state index in [9.17, 15) is 22.8 Å². The lowest BCUT2D eigenvalue weighted by Crippen LogP contribution is -2.50. The van der Waals surface area contributed by atoms with Crippen molar-refractivity contribution in [2.45, 2.75) is 32.5 Å². The minimum absolute atomic E-state index is 0.0794. The van der Waals surface area contributed by atoms with Crippen LogP contribution in [0, 0.1) is 0 Å². The molecule has 0 radical (unpaired) electrons. The number of alkyl halides is 3. The van der Waals surface area contributed by atoms with Crippen molar-refractivity contribution in [3.8, 4) is 11.4 Å². The summed E-state index contributed by atoms with van der Waals surface area (Å²) in [6, 6.07) is 2.18. The third-order valence-electron chi connectivity index (χ3n) is 5.40. The van der Waals surface area contributed by atoms with E-state index in [2.05, 4.69) is 19.9 Å². The van der Waals surface area contributed by atoms with Crippen LogP contribution in [0.5, 0.6) is 0 Å². The molecule has 3 aromatic rings. The fraction of sp³-hybridized carbons (Fsp3) is 0.435. The molecule has 200 valence electrons. The molecule has 0 saturated carbocycles. The number of nitrogens with zero attached hydrogens (tertiary/aromatic N) is 5. The van der Waals surface area contributed by atoms with Crippen LogP contribution in [0.15, 0.2) is 30.7 Å². The van der Waals surface area contributed by atoms with Crippen LogP contribution in [-0.2, 0) is 9.53 Å². The molecular formula is C23H27ClF3N7O3. The van der Waals surface area contributed by atoms with Gasteiger partial charge in [0.2, 0.25) is 5.91 Å². The molecule has 2 amide bonds. The molecule has 0 aliphatic carbocycles. The van der Waals surface area contributed by atoms with Crippen LogP contribution < -0.4 is 10.2 Å². The summed E-state index contributed by atoms with van der Waals surface area (Å²) < 4.78 is 43.2. The number of carbonyl (C=O) groups excluding carboxylic acids is 2. The SMILES string of the molecule is CCCOC(=O)N(C)CCN(c1ccnc(-c2c[nH]c3ncc(Cl)cc23)n1)[C@@H](C)C(=O)NCC(F)(F)F. The largest absolute Gasteiger partial charge is 0.449 e. The van der Waals surface area contributed by atoms with Gasteiger partial charge in [0.15, 0.2) is 5.82 Å². The van der Waals surface area contributed by atoms with Crippen molar-refractivity contribution in [2.75, 3.05) is 38.2 Å². The first-order chi connectivity index (χ1) is 17.5. The minimum Gasteiger partial charge on any atom is -0.449 e. The summed E-state index contributed by atoms with van der Waals surface area (Å²) >= 11 is 6.09. The normalized spacial score (nSPS) is 12.3. The van der Waals surface area contributed by atoms with E-state index < -0.39 is 30.8 Å². The van der Waals surface area contributed by atoms with Gasteiger partial charge < -0.3 is 24.8 Å². The molecule has 0 aliphatic heterocycles. The maximum Gasteiger partial charge on any atom is 0.409 e. The number of amides is 2. The van der Waals surface area contributed by atoms with E-state index in [0.29, 0.717) is 28.0 Å². The number of halogens is 4. The second kappa shape index (κ2) is 12.1. The second-order valence-electron chi connectivity index (χ2n) is 8.23. The Balaban J connectivity index is 1.90. The molecule has 0 spiro atoms.